The monoisotopic (exact) mass is 307 g/mol. The van der Waals surface area contributed by atoms with Crippen LogP contribution in [-0.4, -0.2) is 6.61 Å². The van der Waals surface area contributed by atoms with Gasteiger partial charge in [-0.05, 0) is 41.8 Å². The lowest BCUT2D eigenvalue weighted by Crippen LogP contribution is -2.14. The molecular weight excluding hydrogens is 293 g/mol. The third kappa shape index (κ3) is 2.78. The summed E-state index contributed by atoms with van der Waals surface area (Å²) < 4.78 is 5.70. The first kappa shape index (κ1) is 13.7. The largest absolute Gasteiger partial charge is 0.493 e. The molecule has 4 heteroatoms. The number of rotatable bonds is 3. The van der Waals surface area contributed by atoms with Crippen molar-refractivity contribution >= 4 is 23.2 Å². The Kier molecular flexibility index (Phi) is 3.88. The van der Waals surface area contributed by atoms with Crippen LogP contribution in [0.25, 0.3) is 0 Å². The first-order valence-electron chi connectivity index (χ1n) is 6.58. The van der Waals surface area contributed by atoms with E-state index in [0.29, 0.717) is 18.1 Å². The zero-order chi connectivity index (χ0) is 14.1. The average molecular weight is 308 g/mol. The molecule has 2 aromatic carbocycles. The summed E-state index contributed by atoms with van der Waals surface area (Å²) in [5.74, 6) is 0.906. The summed E-state index contributed by atoms with van der Waals surface area (Å²) in [6, 6.07) is 11.5. The van der Waals surface area contributed by atoms with Gasteiger partial charge < -0.3 is 10.5 Å². The summed E-state index contributed by atoms with van der Waals surface area (Å²) in [6.07, 6.45) is 1.60. The van der Waals surface area contributed by atoms with Crippen LogP contribution >= 0.6 is 23.2 Å². The molecule has 1 aliphatic heterocycles. The van der Waals surface area contributed by atoms with E-state index in [1.165, 1.54) is 0 Å². The lowest BCUT2D eigenvalue weighted by atomic mass is 9.97. The van der Waals surface area contributed by atoms with Crippen LogP contribution < -0.4 is 10.5 Å². The second kappa shape index (κ2) is 5.65. The molecular formula is C16H15Cl2NO. The molecule has 0 amide bonds. The highest BCUT2D eigenvalue weighted by Crippen LogP contribution is 2.36. The molecule has 0 radical (unpaired) electrons. The predicted molar refractivity (Wildman–Crippen MR) is 82.7 cm³/mol. The lowest BCUT2D eigenvalue weighted by molar-refractivity contribution is 0.351. The number of halogens is 2. The molecule has 1 atom stereocenters. The van der Waals surface area contributed by atoms with Crippen molar-refractivity contribution in [2.45, 2.75) is 18.9 Å². The van der Waals surface area contributed by atoms with Gasteiger partial charge in [-0.3, -0.25) is 0 Å². The van der Waals surface area contributed by atoms with Crippen molar-refractivity contribution in [2.75, 3.05) is 6.61 Å². The molecule has 2 aromatic rings. The highest BCUT2D eigenvalue weighted by atomic mass is 35.5. The molecule has 0 aliphatic carbocycles. The second-order valence-electron chi connectivity index (χ2n) is 5.02. The Morgan fingerprint density at radius 1 is 1.15 bits per heavy atom. The first-order chi connectivity index (χ1) is 9.63. The normalized spacial score (nSPS) is 14.8. The molecule has 1 aliphatic rings. The Labute approximate surface area is 128 Å². The van der Waals surface area contributed by atoms with Crippen LogP contribution in [0.5, 0.6) is 5.75 Å². The van der Waals surface area contributed by atoms with E-state index in [9.17, 15) is 0 Å². The van der Waals surface area contributed by atoms with Crippen LogP contribution in [0.2, 0.25) is 10.0 Å². The second-order valence-corrected chi connectivity index (χ2v) is 5.90. The third-order valence-corrected chi connectivity index (χ3v) is 3.97. The Morgan fingerprint density at radius 3 is 2.80 bits per heavy atom. The van der Waals surface area contributed by atoms with Gasteiger partial charge in [-0.15, -0.1) is 0 Å². The molecule has 1 heterocycles. The van der Waals surface area contributed by atoms with Crippen molar-refractivity contribution in [3.63, 3.8) is 0 Å². The fourth-order valence-corrected chi connectivity index (χ4v) is 3.06. The van der Waals surface area contributed by atoms with E-state index in [4.69, 9.17) is 33.7 Å². The topological polar surface area (TPSA) is 35.2 Å². The molecule has 0 spiro atoms. The van der Waals surface area contributed by atoms with Crippen LogP contribution in [0.1, 0.15) is 22.7 Å². The van der Waals surface area contributed by atoms with Crippen molar-refractivity contribution in [1.29, 1.82) is 0 Å². The standard InChI is InChI=1S/C16H15Cl2NO/c17-12-3-1-2-10(6-12)7-15(19)14-9-13(18)8-11-4-5-20-16(11)14/h1-3,6,8-9,15H,4-5,7,19H2. The molecule has 104 valence electrons. The molecule has 0 bridgehead atoms. The van der Waals surface area contributed by atoms with E-state index >= 15 is 0 Å². The van der Waals surface area contributed by atoms with E-state index < -0.39 is 0 Å². The number of fused-ring (bicyclic) bond motifs is 1. The van der Waals surface area contributed by atoms with Crippen molar-refractivity contribution in [3.05, 3.63) is 63.1 Å². The summed E-state index contributed by atoms with van der Waals surface area (Å²) in [5, 5.41) is 1.44. The van der Waals surface area contributed by atoms with Gasteiger partial charge in [0.1, 0.15) is 5.75 Å². The Balaban J connectivity index is 1.89. The van der Waals surface area contributed by atoms with E-state index in [2.05, 4.69) is 0 Å². The van der Waals surface area contributed by atoms with E-state index in [0.717, 1.165) is 33.9 Å². The van der Waals surface area contributed by atoms with Gasteiger partial charge >= 0.3 is 0 Å². The summed E-state index contributed by atoms with van der Waals surface area (Å²) in [4.78, 5) is 0. The van der Waals surface area contributed by atoms with Crippen molar-refractivity contribution in [2.24, 2.45) is 5.73 Å². The number of hydrogen-bond acceptors (Lipinski definition) is 2. The summed E-state index contributed by atoms with van der Waals surface area (Å²) in [6.45, 7) is 0.701. The van der Waals surface area contributed by atoms with Gasteiger partial charge in [0.2, 0.25) is 0 Å². The van der Waals surface area contributed by atoms with Crippen LogP contribution in [0.15, 0.2) is 36.4 Å². The van der Waals surface area contributed by atoms with Crippen LogP contribution in [0.4, 0.5) is 0 Å². The van der Waals surface area contributed by atoms with Gasteiger partial charge in [0.05, 0.1) is 6.61 Å². The van der Waals surface area contributed by atoms with Gasteiger partial charge in [0.25, 0.3) is 0 Å². The fraction of sp³-hybridized carbons (Fsp3) is 0.250. The Morgan fingerprint density at radius 2 is 2.00 bits per heavy atom. The van der Waals surface area contributed by atoms with Crippen molar-refractivity contribution < 1.29 is 4.74 Å². The van der Waals surface area contributed by atoms with Gasteiger partial charge in [-0.1, -0.05) is 35.3 Å². The maximum atomic E-state index is 6.34. The summed E-state index contributed by atoms with van der Waals surface area (Å²) in [5.41, 5.74) is 9.57. The van der Waals surface area contributed by atoms with E-state index in [1.807, 2.05) is 36.4 Å². The van der Waals surface area contributed by atoms with E-state index in [-0.39, 0.29) is 6.04 Å². The van der Waals surface area contributed by atoms with Crippen molar-refractivity contribution in [1.82, 2.24) is 0 Å². The highest BCUT2D eigenvalue weighted by molar-refractivity contribution is 6.31. The lowest BCUT2D eigenvalue weighted by Gasteiger charge is -2.16. The number of nitrogens with two attached hydrogens (primary N) is 1. The van der Waals surface area contributed by atoms with Crippen LogP contribution in [0.3, 0.4) is 0 Å². The Bertz CT molecular complexity index is 642. The molecule has 0 aromatic heterocycles. The number of hydrogen-bond donors (Lipinski definition) is 1. The SMILES string of the molecule is NC(Cc1cccc(Cl)c1)c1cc(Cl)cc2c1OCC2. The third-order valence-electron chi connectivity index (χ3n) is 3.52. The minimum atomic E-state index is -0.154. The van der Waals surface area contributed by atoms with Gasteiger partial charge in [-0.2, -0.15) is 0 Å². The molecule has 2 N–H and O–H groups in total. The van der Waals surface area contributed by atoms with Crippen molar-refractivity contribution in [3.8, 4) is 5.75 Å². The number of ether oxygens (including phenoxy) is 1. The summed E-state index contributed by atoms with van der Waals surface area (Å²) in [7, 11) is 0. The molecule has 1 unspecified atom stereocenters. The average Bonchev–Trinajstić information content (AvgIpc) is 2.85. The molecule has 20 heavy (non-hydrogen) atoms. The maximum absolute atomic E-state index is 6.34. The molecule has 0 fully saturated rings. The fourth-order valence-electron chi connectivity index (χ4n) is 2.60. The zero-order valence-electron chi connectivity index (χ0n) is 10.9. The quantitative estimate of drug-likeness (QED) is 0.923. The molecule has 0 saturated heterocycles. The molecule has 2 nitrogen and oxygen atoms in total. The Hall–Kier alpha value is -1.22. The minimum absolute atomic E-state index is 0.154. The van der Waals surface area contributed by atoms with Crippen LogP contribution in [-0.2, 0) is 12.8 Å². The predicted octanol–water partition coefficient (Wildman–Crippen LogP) is 4.17. The van der Waals surface area contributed by atoms with Gasteiger partial charge in [-0.25, -0.2) is 0 Å². The zero-order valence-corrected chi connectivity index (χ0v) is 12.4. The smallest absolute Gasteiger partial charge is 0.127 e. The highest BCUT2D eigenvalue weighted by Gasteiger charge is 2.21. The van der Waals surface area contributed by atoms with Gasteiger partial charge in [0, 0.05) is 28.1 Å². The summed E-state index contributed by atoms with van der Waals surface area (Å²) >= 11 is 12.2. The number of benzene rings is 2. The maximum Gasteiger partial charge on any atom is 0.127 e. The molecule has 0 saturated carbocycles. The molecule has 3 rings (SSSR count). The van der Waals surface area contributed by atoms with Gasteiger partial charge in [0.15, 0.2) is 0 Å². The minimum Gasteiger partial charge on any atom is -0.493 e. The van der Waals surface area contributed by atoms with E-state index in [1.54, 1.807) is 0 Å². The first-order valence-corrected chi connectivity index (χ1v) is 7.34. The van der Waals surface area contributed by atoms with Crippen LogP contribution in [0, 0.1) is 0 Å².